The topological polar surface area (TPSA) is 122 Å². The Balaban J connectivity index is 2.47. The number of aromatic nitrogens is 3. The van der Waals surface area contributed by atoms with Gasteiger partial charge in [0.1, 0.15) is 11.4 Å². The van der Waals surface area contributed by atoms with Crippen molar-refractivity contribution in [2.75, 3.05) is 0 Å². The van der Waals surface area contributed by atoms with Gasteiger partial charge in [0.25, 0.3) is 5.69 Å². The fourth-order valence-electron chi connectivity index (χ4n) is 1.43. The number of nitro benzene ring substituents is 1. The van der Waals surface area contributed by atoms with E-state index in [2.05, 4.69) is 15.2 Å². The average Bonchev–Trinajstić information content (AvgIpc) is 2.74. The van der Waals surface area contributed by atoms with Crippen molar-refractivity contribution in [3.8, 4) is 0 Å². The van der Waals surface area contributed by atoms with E-state index in [1.54, 1.807) is 6.92 Å². The lowest BCUT2D eigenvalue weighted by Gasteiger charge is -2.02. The highest BCUT2D eigenvalue weighted by molar-refractivity contribution is 7.99. The van der Waals surface area contributed by atoms with E-state index in [-0.39, 0.29) is 10.5 Å². The first-order chi connectivity index (χ1) is 8.99. The minimum Gasteiger partial charge on any atom is -0.477 e. The number of nitro groups is 1. The zero-order chi connectivity index (χ0) is 14.0. The molecule has 2 rings (SSSR count). The first-order valence-electron chi connectivity index (χ1n) is 5.06. The molecule has 0 saturated heterocycles. The Morgan fingerprint density at radius 3 is 2.79 bits per heavy atom. The number of H-pyrrole nitrogens is 1. The number of nitrogens with one attached hydrogen (secondary N) is 1. The molecule has 0 fully saturated rings. The quantitative estimate of drug-likeness (QED) is 0.647. The summed E-state index contributed by atoms with van der Waals surface area (Å²) < 4.78 is 0. The highest BCUT2D eigenvalue weighted by atomic mass is 32.2. The summed E-state index contributed by atoms with van der Waals surface area (Å²) in [5, 5.41) is 26.7. The van der Waals surface area contributed by atoms with Crippen LogP contribution in [0.5, 0.6) is 0 Å². The Morgan fingerprint density at radius 1 is 1.53 bits per heavy atom. The lowest BCUT2D eigenvalue weighted by molar-refractivity contribution is -0.388. The summed E-state index contributed by atoms with van der Waals surface area (Å²) in [4.78, 5) is 25.5. The third-order valence-electron chi connectivity index (χ3n) is 2.19. The summed E-state index contributed by atoms with van der Waals surface area (Å²) in [5.74, 6) is -0.778. The van der Waals surface area contributed by atoms with E-state index < -0.39 is 16.6 Å². The van der Waals surface area contributed by atoms with Gasteiger partial charge >= 0.3 is 5.97 Å². The summed E-state index contributed by atoms with van der Waals surface area (Å²) in [5.41, 5.74) is -0.815. The van der Waals surface area contributed by atoms with Gasteiger partial charge in [-0.05, 0) is 30.8 Å². The third-order valence-corrected chi connectivity index (χ3v) is 3.10. The summed E-state index contributed by atoms with van der Waals surface area (Å²) in [6.45, 7) is 1.69. The highest BCUT2D eigenvalue weighted by Crippen LogP contribution is 2.35. The number of carbonyl (C=O) groups is 1. The van der Waals surface area contributed by atoms with Gasteiger partial charge in [0.2, 0.25) is 5.16 Å². The summed E-state index contributed by atoms with van der Waals surface area (Å²) in [7, 11) is 0. The number of para-hydroxylation sites is 1. The van der Waals surface area contributed by atoms with Crippen LogP contribution in [-0.2, 0) is 0 Å². The van der Waals surface area contributed by atoms with Crippen LogP contribution in [0.15, 0.2) is 28.3 Å². The van der Waals surface area contributed by atoms with E-state index in [1.807, 2.05) is 0 Å². The number of benzene rings is 1. The van der Waals surface area contributed by atoms with Crippen LogP contribution in [-0.4, -0.2) is 31.2 Å². The second kappa shape index (κ2) is 5.06. The number of hydrogen-bond acceptors (Lipinski definition) is 6. The van der Waals surface area contributed by atoms with Crippen molar-refractivity contribution in [2.45, 2.75) is 17.0 Å². The molecule has 0 spiro atoms. The lowest BCUT2D eigenvalue weighted by atomic mass is 10.2. The molecule has 0 saturated carbocycles. The number of carboxylic acids is 1. The highest BCUT2D eigenvalue weighted by Gasteiger charge is 2.25. The molecule has 8 nitrogen and oxygen atoms in total. The maximum absolute atomic E-state index is 11.0. The fraction of sp³-hybridized carbons (Fsp3) is 0.100. The van der Waals surface area contributed by atoms with Gasteiger partial charge in [-0.3, -0.25) is 15.2 Å². The van der Waals surface area contributed by atoms with Crippen LogP contribution in [0.2, 0.25) is 0 Å². The average molecular weight is 280 g/mol. The minimum absolute atomic E-state index is 0.184. The molecule has 2 N–H and O–H groups in total. The number of aryl methyl sites for hydroxylation is 1. The van der Waals surface area contributed by atoms with Gasteiger partial charge in [-0.2, -0.15) is 0 Å². The van der Waals surface area contributed by atoms with Crippen molar-refractivity contribution in [2.24, 2.45) is 0 Å². The molecule has 1 aromatic heterocycles. The van der Waals surface area contributed by atoms with E-state index in [1.165, 1.54) is 18.2 Å². The molecule has 2 aromatic rings. The predicted molar refractivity (Wildman–Crippen MR) is 65.3 cm³/mol. The van der Waals surface area contributed by atoms with Crippen molar-refractivity contribution < 1.29 is 14.8 Å². The number of hydrogen-bond donors (Lipinski definition) is 2. The van der Waals surface area contributed by atoms with Gasteiger partial charge in [0.15, 0.2) is 0 Å². The minimum atomic E-state index is -1.35. The molecule has 1 aromatic carbocycles. The Hall–Kier alpha value is -2.42. The van der Waals surface area contributed by atoms with E-state index in [0.717, 1.165) is 11.8 Å². The molecule has 0 unspecified atom stereocenters. The lowest BCUT2D eigenvalue weighted by Crippen LogP contribution is -2.03. The fourth-order valence-corrected chi connectivity index (χ4v) is 2.33. The molecule has 0 atom stereocenters. The van der Waals surface area contributed by atoms with Gasteiger partial charge < -0.3 is 5.11 Å². The zero-order valence-electron chi connectivity index (χ0n) is 9.65. The van der Waals surface area contributed by atoms with Crippen LogP contribution in [0.4, 0.5) is 5.69 Å². The number of rotatable bonds is 4. The monoisotopic (exact) mass is 280 g/mol. The smallest absolute Gasteiger partial charge is 0.342 e. The zero-order valence-corrected chi connectivity index (χ0v) is 10.5. The van der Waals surface area contributed by atoms with Crippen molar-refractivity contribution >= 4 is 23.4 Å². The third kappa shape index (κ3) is 2.71. The largest absolute Gasteiger partial charge is 0.477 e. The molecule has 19 heavy (non-hydrogen) atoms. The first kappa shape index (κ1) is 13.0. The van der Waals surface area contributed by atoms with Crippen molar-refractivity contribution in [1.82, 2.24) is 15.2 Å². The van der Waals surface area contributed by atoms with Crippen LogP contribution in [0.3, 0.4) is 0 Å². The maximum Gasteiger partial charge on any atom is 0.342 e. The Morgan fingerprint density at radius 2 is 2.26 bits per heavy atom. The first-order valence-corrected chi connectivity index (χ1v) is 5.88. The van der Waals surface area contributed by atoms with E-state index in [0.29, 0.717) is 11.0 Å². The van der Waals surface area contributed by atoms with Gasteiger partial charge in [0, 0.05) is 0 Å². The number of aromatic amines is 1. The molecule has 0 aliphatic rings. The summed E-state index contributed by atoms with van der Waals surface area (Å²) in [6.07, 6.45) is 0. The van der Waals surface area contributed by atoms with Crippen LogP contribution in [0.1, 0.15) is 16.2 Å². The molecule has 0 aliphatic heterocycles. The second-order valence-electron chi connectivity index (χ2n) is 3.52. The van der Waals surface area contributed by atoms with Gasteiger partial charge in [-0.25, -0.2) is 9.78 Å². The van der Waals surface area contributed by atoms with Crippen molar-refractivity contribution in [3.63, 3.8) is 0 Å². The molecule has 0 aliphatic carbocycles. The van der Waals surface area contributed by atoms with Gasteiger partial charge in [0.05, 0.1) is 9.82 Å². The number of carboxylic acid groups (broad SMARTS) is 1. The van der Waals surface area contributed by atoms with Crippen LogP contribution in [0.25, 0.3) is 0 Å². The molecule has 0 bridgehead atoms. The van der Waals surface area contributed by atoms with Crippen LogP contribution < -0.4 is 0 Å². The molecule has 9 heteroatoms. The Bertz CT molecular complexity index is 655. The number of aromatic carboxylic acids is 1. The van der Waals surface area contributed by atoms with E-state index in [4.69, 9.17) is 5.11 Å². The van der Waals surface area contributed by atoms with E-state index >= 15 is 0 Å². The second-order valence-corrected chi connectivity index (χ2v) is 4.53. The van der Waals surface area contributed by atoms with Gasteiger partial charge in [-0.1, -0.05) is 6.07 Å². The predicted octanol–water partition coefficient (Wildman–Crippen LogP) is 1.87. The van der Waals surface area contributed by atoms with Crippen molar-refractivity contribution in [1.29, 1.82) is 0 Å². The summed E-state index contributed by atoms with van der Waals surface area (Å²) in [6, 6.07) is 4.09. The molecule has 98 valence electrons. The Labute approximate surface area is 111 Å². The molecular weight excluding hydrogens is 272 g/mol. The molecule has 1 heterocycles. The van der Waals surface area contributed by atoms with Crippen molar-refractivity contribution in [3.05, 3.63) is 39.7 Å². The summed E-state index contributed by atoms with van der Waals surface area (Å²) >= 11 is 0.936. The van der Waals surface area contributed by atoms with Gasteiger partial charge in [-0.15, -0.1) is 5.10 Å². The number of nitrogens with zero attached hydrogens (tertiary/aromatic N) is 3. The molecule has 0 amide bonds. The molecule has 0 radical (unpaired) electrons. The normalized spacial score (nSPS) is 10.4. The maximum atomic E-state index is 11.0. The SMILES string of the molecule is Cc1nc(Sc2cccc(C(=O)O)c2[N+](=O)[O-])n[nH]1. The standard InChI is InChI=1S/C10H8N4O4S/c1-5-11-10(13-12-5)19-7-4-2-3-6(9(15)16)8(7)14(17)18/h2-4H,1H3,(H,15,16)(H,11,12,13). The van der Waals surface area contributed by atoms with Crippen LogP contribution in [0, 0.1) is 17.0 Å². The molecular formula is C10H8N4O4S. The Kier molecular flexibility index (Phi) is 3.47. The van der Waals surface area contributed by atoms with E-state index in [9.17, 15) is 14.9 Å². The van der Waals surface area contributed by atoms with Crippen LogP contribution >= 0.6 is 11.8 Å².